The van der Waals surface area contributed by atoms with E-state index >= 15 is 0 Å². The number of benzene rings is 1. The van der Waals surface area contributed by atoms with Gasteiger partial charge >= 0.3 is 0 Å². The van der Waals surface area contributed by atoms with Gasteiger partial charge in [0.25, 0.3) is 0 Å². The molecule has 0 saturated carbocycles. The Morgan fingerprint density at radius 3 is 2.93 bits per heavy atom. The van der Waals surface area contributed by atoms with Crippen LogP contribution in [0.5, 0.6) is 0 Å². The van der Waals surface area contributed by atoms with Gasteiger partial charge in [0, 0.05) is 13.1 Å². The maximum Gasteiger partial charge on any atom is 0.234 e. The van der Waals surface area contributed by atoms with E-state index in [-0.39, 0.29) is 11.7 Å². The first-order chi connectivity index (χ1) is 13.2. The molecule has 2 aromatic heterocycles. The van der Waals surface area contributed by atoms with Crippen molar-refractivity contribution < 1.29 is 9.53 Å². The molecule has 27 heavy (non-hydrogen) atoms. The van der Waals surface area contributed by atoms with Crippen molar-refractivity contribution in [1.29, 1.82) is 0 Å². The van der Waals surface area contributed by atoms with E-state index in [4.69, 9.17) is 16.3 Å². The van der Waals surface area contributed by atoms with Gasteiger partial charge < -0.3 is 15.0 Å². The van der Waals surface area contributed by atoms with Crippen molar-refractivity contribution in [2.45, 2.75) is 5.03 Å². The molecule has 0 atom stereocenters. The zero-order chi connectivity index (χ0) is 18.6. The summed E-state index contributed by atoms with van der Waals surface area (Å²) in [5.74, 6) is 0.0834. The van der Waals surface area contributed by atoms with Crippen LogP contribution in [0.1, 0.15) is 0 Å². The van der Waals surface area contributed by atoms with E-state index in [0.717, 1.165) is 27.9 Å². The van der Waals surface area contributed by atoms with Crippen molar-refractivity contribution in [2.75, 3.05) is 42.3 Å². The summed E-state index contributed by atoms with van der Waals surface area (Å²) < 4.78 is 6.29. The maximum absolute atomic E-state index is 12.3. The molecule has 1 N–H and O–H groups in total. The number of thiazole rings is 1. The molecule has 1 fully saturated rings. The second kappa shape index (κ2) is 8.39. The quantitative estimate of drug-likeness (QED) is 0.500. The zero-order valence-corrected chi connectivity index (χ0v) is 16.6. The number of hydrogen-bond donors (Lipinski definition) is 1. The van der Waals surface area contributed by atoms with E-state index in [1.54, 1.807) is 23.5 Å². The van der Waals surface area contributed by atoms with Crippen LogP contribution in [-0.2, 0) is 9.53 Å². The summed E-state index contributed by atoms with van der Waals surface area (Å²) in [6, 6.07) is 7.15. The summed E-state index contributed by atoms with van der Waals surface area (Å²) >= 11 is 8.99. The second-order valence-electron chi connectivity index (χ2n) is 5.74. The molecule has 0 spiro atoms. The number of para-hydroxylation sites is 1. The lowest BCUT2D eigenvalue weighted by molar-refractivity contribution is -0.113. The standard InChI is InChI=1S/C17H16ClN5O2S2/c18-11-3-1-2-4-12(11)21-13(24)9-26-16-14-15(19-10-20-16)22-17(27-14)23-5-7-25-8-6-23/h1-4,10H,5-9H2,(H,21,24). The van der Waals surface area contributed by atoms with Gasteiger partial charge in [0.2, 0.25) is 5.91 Å². The van der Waals surface area contributed by atoms with Crippen molar-refractivity contribution in [3.8, 4) is 0 Å². The van der Waals surface area contributed by atoms with Crippen LogP contribution in [0.2, 0.25) is 5.02 Å². The summed E-state index contributed by atoms with van der Waals surface area (Å²) in [6.45, 7) is 3.03. The fourth-order valence-electron chi connectivity index (χ4n) is 2.60. The van der Waals surface area contributed by atoms with E-state index in [1.165, 1.54) is 18.1 Å². The Bertz CT molecular complexity index is 961. The van der Waals surface area contributed by atoms with Crippen molar-refractivity contribution in [3.05, 3.63) is 35.6 Å². The Morgan fingerprint density at radius 1 is 1.30 bits per heavy atom. The lowest BCUT2D eigenvalue weighted by atomic mass is 10.3. The average molecular weight is 422 g/mol. The highest BCUT2D eigenvalue weighted by Crippen LogP contribution is 2.34. The lowest BCUT2D eigenvalue weighted by Gasteiger charge is -2.25. The van der Waals surface area contributed by atoms with Gasteiger partial charge in [0.05, 0.1) is 29.7 Å². The number of aromatic nitrogens is 3. The molecule has 0 radical (unpaired) electrons. The number of morpholine rings is 1. The summed E-state index contributed by atoms with van der Waals surface area (Å²) in [5.41, 5.74) is 1.26. The Balaban J connectivity index is 1.46. The van der Waals surface area contributed by atoms with Crippen molar-refractivity contribution in [3.63, 3.8) is 0 Å². The number of anilines is 2. The fourth-order valence-corrected chi connectivity index (χ4v) is 4.72. The molecule has 3 aromatic rings. The number of nitrogens with one attached hydrogen (secondary N) is 1. The largest absolute Gasteiger partial charge is 0.378 e. The number of thioether (sulfide) groups is 1. The normalized spacial score (nSPS) is 14.5. The number of nitrogens with zero attached hydrogens (tertiary/aromatic N) is 4. The third-order valence-corrected chi connectivity index (χ3v) is 6.48. The number of hydrogen-bond acceptors (Lipinski definition) is 8. The van der Waals surface area contributed by atoms with Gasteiger partial charge in [-0.25, -0.2) is 9.97 Å². The van der Waals surface area contributed by atoms with Crippen molar-refractivity contribution >= 4 is 61.8 Å². The van der Waals surface area contributed by atoms with Crippen LogP contribution in [0.25, 0.3) is 10.3 Å². The van der Waals surface area contributed by atoms with Crippen molar-refractivity contribution in [2.24, 2.45) is 0 Å². The molecule has 4 rings (SSSR count). The Kier molecular flexibility index (Phi) is 5.72. The Labute approximate surface area is 169 Å². The lowest BCUT2D eigenvalue weighted by Crippen LogP contribution is -2.36. The minimum Gasteiger partial charge on any atom is -0.378 e. The van der Waals surface area contributed by atoms with Gasteiger partial charge in [-0.1, -0.05) is 46.8 Å². The van der Waals surface area contributed by atoms with Crippen molar-refractivity contribution in [1.82, 2.24) is 15.0 Å². The highest BCUT2D eigenvalue weighted by Gasteiger charge is 2.18. The van der Waals surface area contributed by atoms with Crippen LogP contribution in [0.15, 0.2) is 35.6 Å². The molecule has 3 heterocycles. The molecule has 1 amide bonds. The number of carbonyl (C=O) groups excluding carboxylic acids is 1. The van der Waals surface area contributed by atoms with E-state index in [9.17, 15) is 4.79 Å². The van der Waals surface area contributed by atoms with Gasteiger partial charge in [-0.3, -0.25) is 4.79 Å². The molecule has 10 heteroatoms. The molecule has 0 aliphatic carbocycles. The molecule has 0 bridgehead atoms. The topological polar surface area (TPSA) is 80.2 Å². The molecular formula is C17H16ClN5O2S2. The second-order valence-corrected chi connectivity index (χ2v) is 8.09. The minimum atomic E-state index is -0.141. The number of carbonyl (C=O) groups is 1. The number of ether oxygens (including phenoxy) is 1. The van der Waals surface area contributed by atoms with Crippen LogP contribution in [-0.4, -0.2) is 52.9 Å². The van der Waals surface area contributed by atoms with Gasteiger partial charge in [-0.05, 0) is 12.1 Å². The van der Waals surface area contributed by atoms with Crippen LogP contribution in [0, 0.1) is 0 Å². The van der Waals surface area contributed by atoms with E-state index in [1.807, 2.05) is 12.1 Å². The fraction of sp³-hybridized carbons (Fsp3) is 0.294. The first-order valence-corrected chi connectivity index (χ1v) is 10.5. The van der Waals surface area contributed by atoms with Gasteiger partial charge in [-0.15, -0.1) is 0 Å². The summed E-state index contributed by atoms with van der Waals surface area (Å²) in [4.78, 5) is 27.7. The SMILES string of the molecule is O=C(CSc1ncnc2nc(N3CCOCC3)sc12)Nc1ccccc1Cl. The smallest absolute Gasteiger partial charge is 0.234 e. The summed E-state index contributed by atoms with van der Waals surface area (Å²) in [7, 11) is 0. The molecule has 1 aliphatic heterocycles. The molecule has 7 nitrogen and oxygen atoms in total. The molecular weight excluding hydrogens is 406 g/mol. The number of amides is 1. The Hall–Kier alpha value is -1.94. The maximum atomic E-state index is 12.3. The van der Waals surface area contributed by atoms with Crippen LogP contribution >= 0.6 is 34.7 Å². The highest BCUT2D eigenvalue weighted by molar-refractivity contribution is 8.00. The van der Waals surface area contributed by atoms with Crippen LogP contribution in [0.3, 0.4) is 0 Å². The van der Waals surface area contributed by atoms with Gasteiger partial charge in [0.15, 0.2) is 10.8 Å². The molecule has 140 valence electrons. The van der Waals surface area contributed by atoms with Crippen LogP contribution in [0.4, 0.5) is 10.8 Å². The van der Waals surface area contributed by atoms with Gasteiger partial charge in [0.1, 0.15) is 16.1 Å². The summed E-state index contributed by atoms with van der Waals surface area (Å²) in [6.07, 6.45) is 1.49. The molecule has 0 unspecified atom stereocenters. The van der Waals surface area contributed by atoms with E-state index in [2.05, 4.69) is 25.2 Å². The predicted molar refractivity (Wildman–Crippen MR) is 109 cm³/mol. The van der Waals surface area contributed by atoms with Gasteiger partial charge in [-0.2, -0.15) is 4.98 Å². The van der Waals surface area contributed by atoms with Crippen LogP contribution < -0.4 is 10.2 Å². The highest BCUT2D eigenvalue weighted by atomic mass is 35.5. The molecule has 1 saturated heterocycles. The summed E-state index contributed by atoms with van der Waals surface area (Å²) in [5, 5.41) is 5.00. The number of fused-ring (bicyclic) bond motifs is 1. The first kappa shape index (κ1) is 18.4. The number of halogens is 1. The molecule has 1 aliphatic rings. The first-order valence-electron chi connectivity index (χ1n) is 8.32. The predicted octanol–water partition coefficient (Wildman–Crippen LogP) is 3.31. The Morgan fingerprint density at radius 2 is 2.11 bits per heavy atom. The van der Waals surface area contributed by atoms with E-state index < -0.39 is 0 Å². The number of rotatable bonds is 5. The average Bonchev–Trinajstić information content (AvgIpc) is 3.14. The zero-order valence-electron chi connectivity index (χ0n) is 14.2. The monoisotopic (exact) mass is 421 g/mol. The third-order valence-electron chi connectivity index (χ3n) is 3.92. The van der Waals surface area contributed by atoms with E-state index in [0.29, 0.717) is 29.6 Å². The minimum absolute atomic E-state index is 0.141. The third kappa shape index (κ3) is 4.32. The molecule has 1 aromatic carbocycles.